The highest BCUT2D eigenvalue weighted by atomic mass is 32.2. The second-order valence-electron chi connectivity index (χ2n) is 5.67. The molecule has 142 valence electrons. The average Bonchev–Trinajstić information content (AvgIpc) is 3.01. The Morgan fingerprint density at radius 1 is 1.19 bits per heavy atom. The highest BCUT2D eigenvalue weighted by molar-refractivity contribution is 7.93. The van der Waals surface area contributed by atoms with Crippen molar-refractivity contribution in [2.75, 3.05) is 11.4 Å². The van der Waals surface area contributed by atoms with Gasteiger partial charge in [0.15, 0.2) is 0 Å². The largest absolute Gasteiger partial charge is 0.497 e. The average molecular weight is 407 g/mol. The molecule has 0 unspecified atom stereocenters. The first-order valence-electron chi connectivity index (χ1n) is 8.12. The van der Waals surface area contributed by atoms with Crippen LogP contribution in [0.15, 0.2) is 56.6 Å². The van der Waals surface area contributed by atoms with E-state index in [4.69, 9.17) is 9.15 Å². The van der Waals surface area contributed by atoms with E-state index in [0.29, 0.717) is 22.5 Å². The Morgan fingerprint density at radius 3 is 2.52 bits per heavy atom. The fourth-order valence-electron chi connectivity index (χ4n) is 2.57. The van der Waals surface area contributed by atoms with Gasteiger partial charge in [-0.25, -0.2) is 17.5 Å². The van der Waals surface area contributed by atoms with Crippen molar-refractivity contribution in [3.05, 3.63) is 52.2 Å². The molecule has 1 aromatic heterocycles. The number of rotatable bonds is 6. The molecule has 0 spiro atoms. The number of nitrogens with zero attached hydrogens (tertiary/aromatic N) is 1. The van der Waals surface area contributed by atoms with Crippen LogP contribution in [0.3, 0.4) is 0 Å². The molecule has 0 aliphatic rings. The third-order valence-corrected chi connectivity index (χ3v) is 6.39. The predicted molar refractivity (Wildman–Crippen MR) is 103 cm³/mol. The predicted octanol–water partition coefficient (Wildman–Crippen LogP) is 3.39. The number of amides is 1. The molecule has 0 atom stereocenters. The summed E-state index contributed by atoms with van der Waals surface area (Å²) in [6.07, 6.45) is 0.559. The molecular formula is C18H17NO6S2. The second-order valence-corrected chi connectivity index (χ2v) is 8.44. The third-order valence-electron chi connectivity index (χ3n) is 3.84. The Kier molecular flexibility index (Phi) is 5.33. The van der Waals surface area contributed by atoms with Crippen molar-refractivity contribution in [3.63, 3.8) is 0 Å². The van der Waals surface area contributed by atoms with Gasteiger partial charge >= 0.3 is 4.94 Å². The number of benzene rings is 2. The molecule has 27 heavy (non-hydrogen) atoms. The molecule has 1 amide bonds. The van der Waals surface area contributed by atoms with Gasteiger partial charge in [-0.3, -0.25) is 4.79 Å². The summed E-state index contributed by atoms with van der Waals surface area (Å²) in [6, 6.07) is 10.2. The zero-order valence-corrected chi connectivity index (χ0v) is 16.3. The van der Waals surface area contributed by atoms with Gasteiger partial charge < -0.3 is 9.15 Å². The molecule has 1 heterocycles. The highest BCUT2D eigenvalue weighted by Gasteiger charge is 2.31. The minimum atomic E-state index is -4.14. The summed E-state index contributed by atoms with van der Waals surface area (Å²) in [6.45, 7) is 1.79. The van der Waals surface area contributed by atoms with Crippen LogP contribution >= 0.6 is 11.3 Å². The molecule has 0 radical (unpaired) electrons. The molecule has 0 aliphatic carbocycles. The number of fused-ring (bicyclic) bond motifs is 1. The van der Waals surface area contributed by atoms with Gasteiger partial charge in [0.2, 0.25) is 5.91 Å². The fourth-order valence-corrected chi connectivity index (χ4v) is 4.72. The van der Waals surface area contributed by atoms with Crippen molar-refractivity contribution in [1.82, 2.24) is 0 Å². The van der Waals surface area contributed by atoms with Crippen LogP contribution in [0.1, 0.15) is 19.8 Å². The number of methoxy groups -OCH3 is 1. The van der Waals surface area contributed by atoms with Crippen molar-refractivity contribution in [2.24, 2.45) is 0 Å². The molecule has 2 aromatic carbocycles. The van der Waals surface area contributed by atoms with Gasteiger partial charge in [-0.1, -0.05) is 18.3 Å². The van der Waals surface area contributed by atoms with E-state index in [1.807, 2.05) is 0 Å². The first-order chi connectivity index (χ1) is 12.9. The molecule has 7 nitrogen and oxygen atoms in total. The third kappa shape index (κ3) is 3.74. The number of hydrogen-bond donors (Lipinski definition) is 0. The smallest absolute Gasteiger partial charge is 0.396 e. The summed E-state index contributed by atoms with van der Waals surface area (Å²) in [5.41, 5.74) is 0.507. The first kappa shape index (κ1) is 19.1. The molecular weight excluding hydrogens is 390 g/mol. The van der Waals surface area contributed by atoms with Crippen LogP contribution in [0.2, 0.25) is 0 Å². The van der Waals surface area contributed by atoms with E-state index in [9.17, 15) is 18.0 Å². The van der Waals surface area contributed by atoms with Crippen LogP contribution in [0, 0.1) is 0 Å². The van der Waals surface area contributed by atoms with E-state index in [-0.39, 0.29) is 17.0 Å². The number of carbonyl (C=O) groups is 1. The Bertz CT molecular complexity index is 1130. The maximum absolute atomic E-state index is 13.2. The highest BCUT2D eigenvalue weighted by Crippen LogP contribution is 2.30. The number of hydrogen-bond acceptors (Lipinski definition) is 7. The van der Waals surface area contributed by atoms with Crippen LogP contribution in [0.5, 0.6) is 5.75 Å². The van der Waals surface area contributed by atoms with Crippen molar-refractivity contribution in [1.29, 1.82) is 0 Å². The molecule has 0 bridgehead atoms. The van der Waals surface area contributed by atoms with Crippen molar-refractivity contribution < 1.29 is 22.4 Å². The van der Waals surface area contributed by atoms with Crippen LogP contribution in [-0.4, -0.2) is 21.4 Å². The molecule has 0 N–H and O–H groups in total. The molecule has 0 fully saturated rings. The Morgan fingerprint density at radius 2 is 1.89 bits per heavy atom. The zero-order chi connectivity index (χ0) is 19.6. The van der Waals surface area contributed by atoms with Crippen LogP contribution in [0.25, 0.3) is 10.3 Å². The maximum Gasteiger partial charge on any atom is 0.396 e. The Labute approximate surface area is 159 Å². The number of sulfonamides is 1. The Balaban J connectivity index is 2.13. The van der Waals surface area contributed by atoms with Crippen molar-refractivity contribution >= 4 is 43.2 Å². The first-order valence-corrected chi connectivity index (χ1v) is 10.4. The number of carbonyl (C=O) groups excluding carboxylic acids is 1. The van der Waals surface area contributed by atoms with E-state index < -0.39 is 20.9 Å². The van der Waals surface area contributed by atoms with Crippen molar-refractivity contribution in [2.45, 2.75) is 24.7 Å². The summed E-state index contributed by atoms with van der Waals surface area (Å²) < 4.78 is 37.6. The topological polar surface area (TPSA) is 93.9 Å². The molecule has 9 heteroatoms. The summed E-state index contributed by atoms with van der Waals surface area (Å²) in [4.78, 5) is 23.6. The van der Waals surface area contributed by atoms with Crippen LogP contribution in [0.4, 0.5) is 5.69 Å². The number of anilines is 1. The van der Waals surface area contributed by atoms with E-state index in [2.05, 4.69) is 0 Å². The minimum absolute atomic E-state index is 0.0340. The van der Waals surface area contributed by atoms with Crippen molar-refractivity contribution in [3.8, 4) is 5.75 Å². The van der Waals surface area contributed by atoms with E-state index in [0.717, 1.165) is 15.6 Å². The van der Waals surface area contributed by atoms with E-state index >= 15 is 0 Å². The maximum atomic E-state index is 13.2. The lowest BCUT2D eigenvalue weighted by Gasteiger charge is -2.22. The van der Waals surface area contributed by atoms with Gasteiger partial charge in [0.05, 0.1) is 22.4 Å². The molecule has 0 saturated heterocycles. The zero-order valence-electron chi connectivity index (χ0n) is 14.7. The molecule has 0 aliphatic heterocycles. The van der Waals surface area contributed by atoms with Crippen LogP contribution in [-0.2, 0) is 14.8 Å². The quantitative estimate of drug-likeness (QED) is 0.622. The molecule has 0 saturated carbocycles. The van der Waals surface area contributed by atoms with Gasteiger partial charge in [0.1, 0.15) is 11.3 Å². The monoisotopic (exact) mass is 407 g/mol. The lowest BCUT2D eigenvalue weighted by molar-refractivity contribution is -0.117. The Hall–Kier alpha value is -2.65. The summed E-state index contributed by atoms with van der Waals surface area (Å²) in [5, 5.41) is 0. The van der Waals surface area contributed by atoms with Gasteiger partial charge in [-0.15, -0.1) is 0 Å². The lowest BCUT2D eigenvalue weighted by Crippen LogP contribution is -2.36. The molecule has 3 rings (SSSR count). The van der Waals surface area contributed by atoms with Gasteiger partial charge in [0.25, 0.3) is 10.0 Å². The number of ether oxygens (including phenoxy) is 1. The van der Waals surface area contributed by atoms with Gasteiger partial charge in [-0.2, -0.15) is 0 Å². The summed E-state index contributed by atoms with van der Waals surface area (Å²) in [7, 11) is -2.66. The van der Waals surface area contributed by atoms with E-state index in [1.165, 1.54) is 49.6 Å². The second kappa shape index (κ2) is 7.53. The normalized spacial score (nSPS) is 11.5. The molecule has 3 aromatic rings. The minimum Gasteiger partial charge on any atom is -0.497 e. The van der Waals surface area contributed by atoms with Crippen LogP contribution < -0.4 is 14.0 Å². The lowest BCUT2D eigenvalue weighted by atomic mass is 10.2. The van der Waals surface area contributed by atoms with Gasteiger partial charge in [-0.05, 0) is 48.9 Å². The standard InChI is InChI=1S/C18H17NO6S2/c1-3-4-17(20)19(12-5-10-15-16(11-12)26-18(21)25-15)27(22,23)14-8-6-13(24-2)7-9-14/h5-11H,3-4H2,1-2H3. The SMILES string of the molecule is CCCC(=O)N(c1ccc2oc(=O)sc2c1)S(=O)(=O)c1ccc(OC)cc1. The van der Waals surface area contributed by atoms with Gasteiger partial charge in [0, 0.05) is 6.42 Å². The van der Waals surface area contributed by atoms with E-state index in [1.54, 1.807) is 6.92 Å². The summed E-state index contributed by atoms with van der Waals surface area (Å²) >= 11 is 0.849. The summed E-state index contributed by atoms with van der Waals surface area (Å²) in [5.74, 6) is -0.0477. The fraction of sp³-hybridized carbons (Fsp3) is 0.222.